The van der Waals surface area contributed by atoms with E-state index in [9.17, 15) is 23.3 Å². The van der Waals surface area contributed by atoms with Crippen molar-refractivity contribution in [3.8, 4) is 0 Å². The Labute approximate surface area is 124 Å². The minimum Gasteiger partial charge on any atom is -0.353 e. The van der Waals surface area contributed by atoms with Gasteiger partial charge in [0.15, 0.2) is 4.34 Å². The molecule has 2 N–H and O–H groups in total. The maximum atomic E-state index is 11.8. The van der Waals surface area contributed by atoms with Crippen molar-refractivity contribution in [3.05, 3.63) is 20.5 Å². The van der Waals surface area contributed by atoms with Gasteiger partial charge >= 0.3 is 0 Å². The lowest BCUT2D eigenvalue weighted by atomic mass is 10.4. The van der Waals surface area contributed by atoms with Crippen molar-refractivity contribution in [2.75, 3.05) is 6.54 Å². The second-order valence-electron chi connectivity index (χ2n) is 4.03. The van der Waals surface area contributed by atoms with Gasteiger partial charge in [0.05, 0.1) is 11.5 Å². The average Bonchev–Trinajstić information content (AvgIpc) is 2.69. The molecule has 11 heteroatoms. The fourth-order valence-electron chi connectivity index (χ4n) is 1.20. The van der Waals surface area contributed by atoms with Gasteiger partial charge in [-0.3, -0.25) is 14.9 Å². The molecule has 8 nitrogen and oxygen atoms in total. The quantitative estimate of drug-likeness (QED) is 0.593. The Morgan fingerprint density at radius 3 is 2.60 bits per heavy atom. The first-order chi connectivity index (χ1) is 9.13. The monoisotopic (exact) mass is 341 g/mol. The molecule has 20 heavy (non-hydrogen) atoms. The van der Waals surface area contributed by atoms with Crippen LogP contribution in [0.4, 0.5) is 5.69 Å². The number of thiophene rings is 1. The zero-order valence-electron chi connectivity index (χ0n) is 10.5. The molecule has 1 aromatic rings. The lowest BCUT2D eigenvalue weighted by molar-refractivity contribution is -0.384. The zero-order chi connectivity index (χ0) is 15.5. The summed E-state index contributed by atoms with van der Waals surface area (Å²) in [6.07, 6.45) is 0. The number of halogens is 1. The highest BCUT2D eigenvalue weighted by Crippen LogP contribution is 2.35. The van der Waals surface area contributed by atoms with Gasteiger partial charge in [0.1, 0.15) is 4.21 Å². The lowest BCUT2D eigenvalue weighted by Crippen LogP contribution is -2.39. The van der Waals surface area contributed by atoms with Crippen molar-refractivity contribution in [2.24, 2.45) is 0 Å². The van der Waals surface area contributed by atoms with Crippen LogP contribution in [0.2, 0.25) is 4.34 Å². The molecule has 1 amide bonds. The first kappa shape index (κ1) is 16.8. The number of hydrogen-bond acceptors (Lipinski definition) is 6. The first-order valence-electron chi connectivity index (χ1n) is 5.36. The zero-order valence-corrected chi connectivity index (χ0v) is 12.9. The van der Waals surface area contributed by atoms with E-state index >= 15 is 0 Å². The summed E-state index contributed by atoms with van der Waals surface area (Å²) in [5.74, 6) is -0.499. The predicted molar refractivity (Wildman–Crippen MR) is 74.5 cm³/mol. The molecule has 112 valence electrons. The number of nitrogens with one attached hydrogen (secondary N) is 2. The Kier molecular flexibility index (Phi) is 5.45. The number of carbonyl (C=O) groups excluding carboxylic acids is 1. The molecule has 0 spiro atoms. The van der Waals surface area contributed by atoms with E-state index in [1.165, 1.54) is 0 Å². The number of sulfonamides is 1. The van der Waals surface area contributed by atoms with Crippen LogP contribution in [0.25, 0.3) is 0 Å². The molecule has 0 aliphatic rings. The second-order valence-corrected chi connectivity index (χ2v) is 7.68. The fourth-order valence-corrected chi connectivity index (χ4v) is 3.89. The molecule has 0 aliphatic carbocycles. The largest absolute Gasteiger partial charge is 0.353 e. The Morgan fingerprint density at radius 1 is 1.55 bits per heavy atom. The number of hydrogen-bond donors (Lipinski definition) is 2. The van der Waals surface area contributed by atoms with Gasteiger partial charge in [-0.25, -0.2) is 13.1 Å². The van der Waals surface area contributed by atoms with E-state index in [0.29, 0.717) is 11.3 Å². The standard InChI is InChI=1S/C9H12ClN3O5S2/c1-5(2)12-7(14)4-11-20(17,18)8-3-6(13(15)16)9(10)19-8/h3,5,11H,4H2,1-2H3,(H,12,14). The van der Waals surface area contributed by atoms with E-state index < -0.39 is 33.1 Å². The molecule has 1 aromatic heterocycles. The SMILES string of the molecule is CC(C)NC(=O)CNS(=O)(=O)c1cc([N+](=O)[O-])c(Cl)s1. The fraction of sp³-hybridized carbons (Fsp3) is 0.444. The Morgan fingerprint density at radius 2 is 2.15 bits per heavy atom. The third-order valence-corrected chi connectivity index (χ3v) is 5.19. The van der Waals surface area contributed by atoms with Crippen LogP contribution < -0.4 is 10.0 Å². The molecule has 0 unspecified atom stereocenters. The van der Waals surface area contributed by atoms with Crippen molar-refractivity contribution >= 4 is 44.6 Å². The molecule has 1 heterocycles. The van der Waals surface area contributed by atoms with Gasteiger partial charge in [-0.1, -0.05) is 11.6 Å². The van der Waals surface area contributed by atoms with Crippen LogP contribution in [0.1, 0.15) is 13.8 Å². The van der Waals surface area contributed by atoms with Gasteiger partial charge in [-0.15, -0.1) is 11.3 Å². The normalized spacial score (nSPS) is 11.6. The number of nitrogens with zero attached hydrogens (tertiary/aromatic N) is 1. The van der Waals surface area contributed by atoms with Gasteiger partial charge < -0.3 is 5.32 Å². The summed E-state index contributed by atoms with van der Waals surface area (Å²) in [4.78, 5) is 21.2. The van der Waals surface area contributed by atoms with Crippen molar-refractivity contribution in [1.29, 1.82) is 0 Å². The van der Waals surface area contributed by atoms with Crippen molar-refractivity contribution in [2.45, 2.75) is 24.1 Å². The molecular formula is C9H12ClN3O5S2. The first-order valence-corrected chi connectivity index (χ1v) is 8.04. The van der Waals surface area contributed by atoms with E-state index in [0.717, 1.165) is 6.07 Å². The number of amides is 1. The van der Waals surface area contributed by atoms with Crippen LogP contribution in [-0.2, 0) is 14.8 Å². The maximum absolute atomic E-state index is 11.8. The maximum Gasteiger partial charge on any atom is 0.300 e. The summed E-state index contributed by atoms with van der Waals surface area (Å²) in [6.45, 7) is 3.01. The van der Waals surface area contributed by atoms with Crippen LogP contribution >= 0.6 is 22.9 Å². The van der Waals surface area contributed by atoms with Crippen LogP contribution in [0, 0.1) is 10.1 Å². The van der Waals surface area contributed by atoms with Crippen LogP contribution in [0.3, 0.4) is 0 Å². The Balaban J connectivity index is 2.82. The summed E-state index contributed by atoms with van der Waals surface area (Å²) in [5.41, 5.74) is -0.483. The molecule has 0 aromatic carbocycles. The molecule has 0 saturated carbocycles. The Bertz CT molecular complexity index is 626. The lowest BCUT2D eigenvalue weighted by Gasteiger charge is -2.08. The van der Waals surface area contributed by atoms with Crippen LogP contribution in [0.15, 0.2) is 10.3 Å². The molecule has 0 aliphatic heterocycles. The molecule has 0 fully saturated rings. The highest BCUT2D eigenvalue weighted by atomic mass is 35.5. The van der Waals surface area contributed by atoms with E-state index in [2.05, 4.69) is 5.32 Å². The smallest absolute Gasteiger partial charge is 0.300 e. The molecule has 1 rings (SSSR count). The third kappa shape index (κ3) is 4.40. The van der Waals surface area contributed by atoms with E-state index in [1.807, 2.05) is 4.72 Å². The van der Waals surface area contributed by atoms with Crippen molar-refractivity contribution in [3.63, 3.8) is 0 Å². The highest BCUT2D eigenvalue weighted by Gasteiger charge is 2.25. The van der Waals surface area contributed by atoms with Crippen molar-refractivity contribution in [1.82, 2.24) is 10.0 Å². The number of rotatable bonds is 6. The van der Waals surface area contributed by atoms with E-state index in [4.69, 9.17) is 11.6 Å². The molecule has 0 radical (unpaired) electrons. The molecular weight excluding hydrogens is 330 g/mol. The average molecular weight is 342 g/mol. The topological polar surface area (TPSA) is 118 Å². The number of carbonyl (C=O) groups is 1. The van der Waals surface area contributed by atoms with Gasteiger partial charge in [0.25, 0.3) is 15.7 Å². The summed E-state index contributed by atoms with van der Waals surface area (Å²) < 4.78 is 25.2. The van der Waals surface area contributed by atoms with E-state index in [-0.39, 0.29) is 14.6 Å². The number of nitro groups is 1. The van der Waals surface area contributed by atoms with Crippen LogP contribution in [0.5, 0.6) is 0 Å². The molecule has 0 saturated heterocycles. The van der Waals surface area contributed by atoms with Crippen LogP contribution in [-0.4, -0.2) is 31.8 Å². The minimum absolute atomic E-state index is 0.121. The van der Waals surface area contributed by atoms with E-state index in [1.54, 1.807) is 13.8 Å². The predicted octanol–water partition coefficient (Wildman–Crippen LogP) is 1.11. The Hall–Kier alpha value is -1.23. The summed E-state index contributed by atoms with van der Waals surface area (Å²) >= 11 is 6.14. The van der Waals surface area contributed by atoms with Crippen molar-refractivity contribution < 1.29 is 18.1 Å². The highest BCUT2D eigenvalue weighted by molar-refractivity contribution is 7.91. The third-order valence-electron chi connectivity index (χ3n) is 1.98. The van der Waals surface area contributed by atoms with Gasteiger partial charge in [-0.2, -0.15) is 0 Å². The molecule has 0 atom stereocenters. The van der Waals surface area contributed by atoms with Gasteiger partial charge in [-0.05, 0) is 13.8 Å². The summed E-state index contributed by atoms with van der Waals surface area (Å²) in [5, 5.41) is 13.1. The summed E-state index contributed by atoms with van der Waals surface area (Å²) in [7, 11) is -4.01. The summed E-state index contributed by atoms with van der Waals surface area (Å²) in [6, 6.07) is 0.736. The van der Waals surface area contributed by atoms with Gasteiger partial charge in [0, 0.05) is 12.1 Å². The minimum atomic E-state index is -4.01. The van der Waals surface area contributed by atoms with Gasteiger partial charge in [0.2, 0.25) is 5.91 Å². The molecule has 0 bridgehead atoms. The second kappa shape index (κ2) is 6.48.